The fourth-order valence-electron chi connectivity index (χ4n) is 3.55. The number of nitrogens with zero attached hydrogens (tertiary/aromatic N) is 2. The minimum Gasteiger partial charge on any atom is -0.497 e. The third-order valence-corrected chi connectivity index (χ3v) is 5.94. The first-order chi connectivity index (χ1) is 14.5. The lowest BCUT2D eigenvalue weighted by Crippen LogP contribution is -2.05. The van der Waals surface area contributed by atoms with Crippen LogP contribution in [0, 0.1) is 13.8 Å². The third kappa shape index (κ3) is 3.80. The van der Waals surface area contributed by atoms with Crippen LogP contribution in [0.1, 0.15) is 21.7 Å². The third-order valence-electron chi connectivity index (χ3n) is 5.07. The summed E-state index contributed by atoms with van der Waals surface area (Å²) in [4.78, 5) is 20.7. The summed E-state index contributed by atoms with van der Waals surface area (Å²) < 4.78 is 12.6. The van der Waals surface area contributed by atoms with Crippen molar-refractivity contribution in [1.82, 2.24) is 14.5 Å². The van der Waals surface area contributed by atoms with E-state index in [4.69, 9.17) is 9.47 Å². The molecule has 2 aromatic carbocycles. The SMILES string of the molecule is COc1ccc(-n2c(C)cc(C(=O)CSc3nc4ccc(OC)cc4[nH]3)c2C)cc1. The first-order valence-corrected chi connectivity index (χ1v) is 10.5. The van der Waals surface area contributed by atoms with Gasteiger partial charge in [0.1, 0.15) is 11.5 Å². The van der Waals surface area contributed by atoms with Crippen LogP contribution in [0.5, 0.6) is 11.5 Å². The lowest BCUT2D eigenvalue weighted by atomic mass is 10.2. The molecule has 0 fully saturated rings. The lowest BCUT2D eigenvalue weighted by molar-refractivity contribution is 0.102. The van der Waals surface area contributed by atoms with Crippen LogP contribution in [-0.2, 0) is 0 Å². The molecule has 2 heterocycles. The van der Waals surface area contributed by atoms with Crippen molar-refractivity contribution in [2.45, 2.75) is 19.0 Å². The minimum absolute atomic E-state index is 0.0749. The lowest BCUT2D eigenvalue weighted by Gasteiger charge is -2.10. The van der Waals surface area contributed by atoms with Gasteiger partial charge in [-0.3, -0.25) is 4.79 Å². The Balaban J connectivity index is 1.52. The largest absolute Gasteiger partial charge is 0.497 e. The Morgan fingerprint density at radius 1 is 1.03 bits per heavy atom. The summed E-state index contributed by atoms with van der Waals surface area (Å²) in [5.74, 6) is 1.96. The summed E-state index contributed by atoms with van der Waals surface area (Å²) in [6, 6.07) is 15.4. The highest BCUT2D eigenvalue weighted by Crippen LogP contribution is 2.26. The van der Waals surface area contributed by atoms with Gasteiger partial charge in [-0.25, -0.2) is 4.98 Å². The van der Waals surface area contributed by atoms with E-state index < -0.39 is 0 Å². The molecular weight excluding hydrogens is 398 g/mol. The molecule has 7 heteroatoms. The number of rotatable bonds is 7. The molecule has 0 bridgehead atoms. The van der Waals surface area contributed by atoms with Gasteiger partial charge in [-0.15, -0.1) is 0 Å². The van der Waals surface area contributed by atoms with E-state index in [1.165, 1.54) is 11.8 Å². The molecule has 6 nitrogen and oxygen atoms in total. The number of carbonyl (C=O) groups is 1. The van der Waals surface area contributed by atoms with E-state index in [9.17, 15) is 4.79 Å². The average molecular weight is 422 g/mol. The van der Waals surface area contributed by atoms with Gasteiger partial charge in [-0.05, 0) is 56.3 Å². The van der Waals surface area contributed by atoms with Crippen LogP contribution in [0.25, 0.3) is 16.7 Å². The van der Waals surface area contributed by atoms with Crippen molar-refractivity contribution >= 4 is 28.6 Å². The molecule has 4 rings (SSSR count). The number of nitrogens with one attached hydrogen (secondary N) is 1. The molecule has 0 unspecified atom stereocenters. The first kappa shape index (κ1) is 20.1. The standard InChI is InChI=1S/C23H23N3O3S/c1-14-11-19(15(2)26(14)16-5-7-17(28-3)8-6-16)22(27)13-30-23-24-20-10-9-18(29-4)12-21(20)25-23/h5-12H,13H2,1-4H3,(H,24,25). The molecule has 154 valence electrons. The van der Waals surface area contributed by atoms with E-state index in [-0.39, 0.29) is 5.78 Å². The zero-order valence-electron chi connectivity index (χ0n) is 17.4. The molecule has 0 atom stereocenters. The highest BCUT2D eigenvalue weighted by molar-refractivity contribution is 7.99. The Morgan fingerprint density at radius 2 is 1.73 bits per heavy atom. The number of ether oxygens (including phenoxy) is 2. The summed E-state index contributed by atoms with van der Waals surface area (Å²) in [5.41, 5.74) is 5.42. The maximum Gasteiger partial charge on any atom is 0.175 e. The Hall–Kier alpha value is -3.19. The Bertz CT molecular complexity index is 1210. The van der Waals surface area contributed by atoms with Crippen molar-refractivity contribution in [2.75, 3.05) is 20.0 Å². The number of fused-ring (bicyclic) bond motifs is 1. The highest BCUT2D eigenvalue weighted by Gasteiger charge is 2.17. The number of aromatic amines is 1. The first-order valence-electron chi connectivity index (χ1n) is 9.53. The van der Waals surface area contributed by atoms with Crippen molar-refractivity contribution in [3.8, 4) is 17.2 Å². The van der Waals surface area contributed by atoms with E-state index in [0.29, 0.717) is 5.75 Å². The molecule has 30 heavy (non-hydrogen) atoms. The second kappa shape index (κ2) is 8.28. The van der Waals surface area contributed by atoms with Crippen LogP contribution < -0.4 is 9.47 Å². The van der Waals surface area contributed by atoms with Gasteiger partial charge in [0.25, 0.3) is 0 Å². The van der Waals surface area contributed by atoms with Crippen molar-refractivity contribution < 1.29 is 14.3 Å². The number of Topliss-reactive ketones (excluding diaryl/α,β-unsaturated/α-hetero) is 1. The molecule has 0 amide bonds. The van der Waals surface area contributed by atoms with Crippen LogP contribution in [0.2, 0.25) is 0 Å². The van der Waals surface area contributed by atoms with Crippen molar-refractivity contribution in [3.63, 3.8) is 0 Å². The average Bonchev–Trinajstić information content (AvgIpc) is 3.31. The number of hydrogen-bond acceptors (Lipinski definition) is 5. The van der Waals surface area contributed by atoms with Gasteiger partial charge in [-0.1, -0.05) is 11.8 Å². The van der Waals surface area contributed by atoms with Gasteiger partial charge in [0, 0.05) is 28.7 Å². The number of aryl methyl sites for hydroxylation is 1. The number of hydrogen-bond donors (Lipinski definition) is 1. The molecule has 0 aliphatic rings. The Kier molecular flexibility index (Phi) is 5.55. The van der Waals surface area contributed by atoms with Gasteiger partial charge >= 0.3 is 0 Å². The van der Waals surface area contributed by atoms with Crippen LogP contribution in [0.3, 0.4) is 0 Å². The monoisotopic (exact) mass is 421 g/mol. The number of imidazole rings is 1. The molecule has 0 saturated heterocycles. The Labute approximate surface area is 179 Å². The zero-order chi connectivity index (χ0) is 21.3. The highest BCUT2D eigenvalue weighted by atomic mass is 32.2. The van der Waals surface area contributed by atoms with E-state index in [1.54, 1.807) is 14.2 Å². The zero-order valence-corrected chi connectivity index (χ0v) is 18.2. The maximum absolute atomic E-state index is 12.9. The van der Waals surface area contributed by atoms with Gasteiger partial charge in [0.05, 0.1) is 31.0 Å². The van der Waals surface area contributed by atoms with E-state index >= 15 is 0 Å². The molecule has 0 aliphatic heterocycles. The molecule has 0 radical (unpaired) electrons. The number of thioether (sulfide) groups is 1. The van der Waals surface area contributed by atoms with Crippen molar-refractivity contribution in [1.29, 1.82) is 0 Å². The predicted octanol–water partition coefficient (Wildman–Crippen LogP) is 4.96. The van der Waals surface area contributed by atoms with E-state index in [2.05, 4.69) is 14.5 Å². The summed E-state index contributed by atoms with van der Waals surface area (Å²) in [7, 11) is 3.28. The summed E-state index contributed by atoms with van der Waals surface area (Å²) in [6.45, 7) is 3.98. The van der Waals surface area contributed by atoms with Crippen LogP contribution in [0.15, 0.2) is 53.7 Å². The molecule has 0 spiro atoms. The second-order valence-corrected chi connectivity index (χ2v) is 7.92. The molecule has 4 aromatic rings. The second-order valence-electron chi connectivity index (χ2n) is 6.96. The minimum atomic E-state index is 0.0749. The molecular formula is C23H23N3O3S. The summed E-state index contributed by atoms with van der Waals surface area (Å²) in [6.07, 6.45) is 0. The normalized spacial score (nSPS) is 11.1. The summed E-state index contributed by atoms with van der Waals surface area (Å²) in [5, 5.41) is 0.718. The number of benzene rings is 2. The molecule has 0 aliphatic carbocycles. The predicted molar refractivity (Wildman–Crippen MR) is 119 cm³/mol. The van der Waals surface area contributed by atoms with Crippen LogP contribution in [-0.4, -0.2) is 40.3 Å². The molecule has 2 aromatic heterocycles. The topological polar surface area (TPSA) is 69.1 Å². The van der Waals surface area contributed by atoms with Gasteiger partial charge in [-0.2, -0.15) is 0 Å². The quantitative estimate of drug-likeness (QED) is 0.337. The fourth-order valence-corrected chi connectivity index (χ4v) is 4.31. The van der Waals surface area contributed by atoms with Crippen molar-refractivity contribution in [3.05, 3.63) is 65.5 Å². The van der Waals surface area contributed by atoms with Gasteiger partial charge < -0.3 is 19.0 Å². The smallest absolute Gasteiger partial charge is 0.175 e. The van der Waals surface area contributed by atoms with Gasteiger partial charge in [0.15, 0.2) is 10.9 Å². The number of aromatic nitrogens is 3. The molecule has 1 N–H and O–H groups in total. The van der Waals surface area contributed by atoms with Crippen LogP contribution >= 0.6 is 11.8 Å². The maximum atomic E-state index is 12.9. The summed E-state index contributed by atoms with van der Waals surface area (Å²) >= 11 is 1.40. The van der Waals surface area contributed by atoms with Crippen LogP contribution in [0.4, 0.5) is 0 Å². The number of H-pyrrole nitrogens is 1. The molecule has 0 saturated carbocycles. The number of carbonyl (C=O) groups excluding carboxylic acids is 1. The van der Waals surface area contributed by atoms with E-state index in [1.807, 2.05) is 62.4 Å². The van der Waals surface area contributed by atoms with Crippen molar-refractivity contribution in [2.24, 2.45) is 0 Å². The number of methoxy groups -OCH3 is 2. The Morgan fingerprint density at radius 3 is 2.43 bits per heavy atom. The van der Waals surface area contributed by atoms with Gasteiger partial charge in [0.2, 0.25) is 0 Å². The number of ketones is 1. The fraction of sp³-hybridized carbons (Fsp3) is 0.217. The van der Waals surface area contributed by atoms with E-state index in [0.717, 1.165) is 50.3 Å².